The number of carbonyl (C=O) groups excluding carboxylic acids is 1. The van der Waals surface area contributed by atoms with E-state index in [-0.39, 0.29) is 6.42 Å². The molecule has 24 heavy (non-hydrogen) atoms. The highest BCUT2D eigenvalue weighted by molar-refractivity contribution is 5.86. The molecule has 1 aromatic carbocycles. The fraction of sp³-hybridized carbons (Fsp3) is 0.529. The van der Waals surface area contributed by atoms with E-state index < -0.39 is 29.1 Å². The van der Waals surface area contributed by atoms with Gasteiger partial charge in [-0.05, 0) is 24.1 Å². The van der Waals surface area contributed by atoms with Gasteiger partial charge in [-0.1, -0.05) is 32.9 Å². The zero-order valence-corrected chi connectivity index (χ0v) is 14.5. The lowest BCUT2D eigenvalue weighted by molar-refractivity contribution is -0.170. The summed E-state index contributed by atoms with van der Waals surface area (Å²) in [7, 11) is 1.54. The lowest BCUT2D eigenvalue weighted by atomic mass is 9.73. The van der Waals surface area contributed by atoms with Crippen molar-refractivity contribution in [2.45, 2.75) is 50.8 Å². The molecule has 0 aromatic heterocycles. The molecule has 0 fully saturated rings. The third kappa shape index (κ3) is 4.04. The number of hydrogen-bond donors (Lipinski definition) is 4. The van der Waals surface area contributed by atoms with Gasteiger partial charge < -0.3 is 26.0 Å². The topological polar surface area (TPSA) is 122 Å². The van der Waals surface area contributed by atoms with Gasteiger partial charge in [0, 0.05) is 11.8 Å². The second-order valence-corrected chi connectivity index (χ2v) is 6.30. The summed E-state index contributed by atoms with van der Waals surface area (Å²) in [6.07, 6.45) is 0.629. The minimum Gasteiger partial charge on any atom is -0.497 e. The molecule has 0 unspecified atom stereocenters. The molecule has 1 amide bonds. The number of rotatable bonds is 8. The Balaban J connectivity index is 3.17. The van der Waals surface area contributed by atoms with Crippen molar-refractivity contribution in [2.75, 3.05) is 7.11 Å². The zero-order valence-electron chi connectivity index (χ0n) is 14.5. The van der Waals surface area contributed by atoms with E-state index in [2.05, 4.69) is 5.32 Å². The van der Waals surface area contributed by atoms with Gasteiger partial charge in [0.15, 0.2) is 0 Å². The van der Waals surface area contributed by atoms with E-state index in [1.54, 1.807) is 52.1 Å². The van der Waals surface area contributed by atoms with Crippen LogP contribution in [-0.4, -0.2) is 41.0 Å². The number of aliphatic carboxylic acids is 1. The van der Waals surface area contributed by atoms with Crippen molar-refractivity contribution in [3.8, 4) is 5.75 Å². The van der Waals surface area contributed by atoms with Gasteiger partial charge in [-0.15, -0.1) is 0 Å². The molecule has 1 rings (SSSR count). The molecule has 0 aliphatic heterocycles. The standard InChI is InChI=1S/C17H26N2O5/c1-5-6-13(20)19-17(23,15(21)22)14(18)16(2,3)11-7-9-12(24-4)10-8-11/h7-10,14,23H,5-6,18H2,1-4H3,(H,19,20)(H,21,22)/t14-,17+/m1/s1. The van der Waals surface area contributed by atoms with Crippen LogP contribution in [0.1, 0.15) is 39.2 Å². The minimum absolute atomic E-state index is 0.102. The SMILES string of the molecule is CCCC(=O)N[C@@](O)(C(=O)O)[C@H](N)C(C)(C)c1ccc(OC)cc1. The molecule has 1 aromatic rings. The van der Waals surface area contributed by atoms with Crippen molar-refractivity contribution >= 4 is 11.9 Å². The molecule has 0 bridgehead atoms. The maximum Gasteiger partial charge on any atom is 0.358 e. The summed E-state index contributed by atoms with van der Waals surface area (Å²) < 4.78 is 5.10. The largest absolute Gasteiger partial charge is 0.497 e. The predicted molar refractivity (Wildman–Crippen MR) is 89.6 cm³/mol. The Morgan fingerprint density at radius 3 is 2.25 bits per heavy atom. The van der Waals surface area contributed by atoms with Gasteiger partial charge in [0.05, 0.1) is 13.2 Å². The van der Waals surface area contributed by atoms with Gasteiger partial charge in [-0.25, -0.2) is 4.79 Å². The highest BCUT2D eigenvalue weighted by Crippen LogP contribution is 2.32. The molecule has 0 aliphatic carbocycles. The van der Waals surface area contributed by atoms with Gasteiger partial charge in [-0.2, -0.15) is 0 Å². The molecule has 0 saturated carbocycles. The summed E-state index contributed by atoms with van der Waals surface area (Å²) in [6.45, 7) is 5.19. The predicted octanol–water partition coefficient (Wildman–Crippen LogP) is 0.990. The highest BCUT2D eigenvalue weighted by Gasteiger charge is 2.51. The molecular weight excluding hydrogens is 312 g/mol. The second-order valence-electron chi connectivity index (χ2n) is 6.30. The van der Waals surface area contributed by atoms with Crippen molar-refractivity contribution in [3.63, 3.8) is 0 Å². The van der Waals surface area contributed by atoms with Gasteiger partial charge in [0.1, 0.15) is 5.75 Å². The molecule has 134 valence electrons. The number of amides is 1. The van der Waals surface area contributed by atoms with Gasteiger partial charge >= 0.3 is 5.97 Å². The van der Waals surface area contributed by atoms with Crippen LogP contribution in [0.5, 0.6) is 5.75 Å². The molecule has 0 saturated heterocycles. The number of carbonyl (C=O) groups is 2. The van der Waals surface area contributed by atoms with E-state index >= 15 is 0 Å². The first-order valence-corrected chi connectivity index (χ1v) is 7.76. The Hall–Kier alpha value is -2.12. The fourth-order valence-corrected chi connectivity index (χ4v) is 2.49. The average molecular weight is 338 g/mol. The van der Waals surface area contributed by atoms with Crippen molar-refractivity contribution < 1.29 is 24.5 Å². The summed E-state index contributed by atoms with van der Waals surface area (Å²) in [6, 6.07) is 5.65. The summed E-state index contributed by atoms with van der Waals surface area (Å²) in [5, 5.41) is 22.2. The van der Waals surface area contributed by atoms with Crippen LogP contribution >= 0.6 is 0 Å². The van der Waals surface area contributed by atoms with Crippen molar-refractivity contribution in [2.24, 2.45) is 5.73 Å². The van der Waals surface area contributed by atoms with Crippen LogP contribution in [0.15, 0.2) is 24.3 Å². The number of carboxylic acids is 1. The molecule has 0 aliphatic rings. The van der Waals surface area contributed by atoms with Crippen LogP contribution in [0.25, 0.3) is 0 Å². The summed E-state index contributed by atoms with van der Waals surface area (Å²) >= 11 is 0. The molecule has 7 nitrogen and oxygen atoms in total. The highest BCUT2D eigenvalue weighted by atomic mass is 16.5. The number of carboxylic acid groups (broad SMARTS) is 1. The number of nitrogens with two attached hydrogens (primary N) is 1. The first-order valence-electron chi connectivity index (χ1n) is 7.76. The molecule has 0 heterocycles. The molecule has 2 atom stereocenters. The Morgan fingerprint density at radius 1 is 1.29 bits per heavy atom. The summed E-state index contributed by atoms with van der Waals surface area (Å²) in [4.78, 5) is 23.4. The van der Waals surface area contributed by atoms with E-state index in [9.17, 15) is 19.8 Å². The number of ether oxygens (including phenoxy) is 1. The van der Waals surface area contributed by atoms with E-state index in [1.807, 2.05) is 0 Å². The van der Waals surface area contributed by atoms with E-state index in [4.69, 9.17) is 10.5 Å². The van der Waals surface area contributed by atoms with Crippen LogP contribution in [-0.2, 0) is 15.0 Å². The molecule has 7 heteroatoms. The fourth-order valence-electron chi connectivity index (χ4n) is 2.49. The molecule has 0 radical (unpaired) electrons. The van der Waals surface area contributed by atoms with E-state index in [1.165, 1.54) is 0 Å². The van der Waals surface area contributed by atoms with Gasteiger partial charge in [0.2, 0.25) is 5.91 Å². The van der Waals surface area contributed by atoms with Crippen molar-refractivity contribution in [1.82, 2.24) is 5.32 Å². The summed E-state index contributed by atoms with van der Waals surface area (Å²) in [5.74, 6) is -1.52. The zero-order chi connectivity index (χ0) is 18.5. The third-order valence-corrected chi connectivity index (χ3v) is 4.19. The first-order chi connectivity index (χ1) is 11.1. The maximum atomic E-state index is 11.8. The number of hydrogen-bond acceptors (Lipinski definition) is 5. The minimum atomic E-state index is -2.57. The number of methoxy groups -OCH3 is 1. The number of benzene rings is 1. The van der Waals surface area contributed by atoms with Crippen molar-refractivity contribution in [3.05, 3.63) is 29.8 Å². The molecular formula is C17H26N2O5. The summed E-state index contributed by atoms with van der Waals surface area (Å²) in [5.41, 5.74) is 3.30. The Bertz CT molecular complexity index is 585. The first kappa shape index (κ1) is 19.9. The van der Waals surface area contributed by atoms with E-state index in [0.717, 1.165) is 0 Å². The Morgan fingerprint density at radius 2 is 1.83 bits per heavy atom. The monoisotopic (exact) mass is 338 g/mol. The van der Waals surface area contributed by atoms with Crippen molar-refractivity contribution in [1.29, 1.82) is 0 Å². The van der Waals surface area contributed by atoms with Crippen LogP contribution < -0.4 is 15.8 Å². The van der Waals surface area contributed by atoms with Gasteiger partial charge in [-0.3, -0.25) is 4.79 Å². The lowest BCUT2D eigenvalue weighted by Gasteiger charge is -2.40. The van der Waals surface area contributed by atoms with Crippen LogP contribution in [0.4, 0.5) is 0 Å². The lowest BCUT2D eigenvalue weighted by Crippen LogP contribution is -2.69. The third-order valence-electron chi connectivity index (χ3n) is 4.19. The maximum absolute atomic E-state index is 11.8. The number of aliphatic hydroxyl groups is 1. The second kappa shape index (κ2) is 7.63. The smallest absolute Gasteiger partial charge is 0.358 e. The average Bonchev–Trinajstić information content (AvgIpc) is 2.53. The quantitative estimate of drug-likeness (QED) is 0.524. The van der Waals surface area contributed by atoms with Crippen LogP contribution in [0.3, 0.4) is 0 Å². The van der Waals surface area contributed by atoms with Crippen LogP contribution in [0.2, 0.25) is 0 Å². The Labute approximate surface area is 141 Å². The number of nitrogens with one attached hydrogen (secondary N) is 1. The van der Waals surface area contributed by atoms with Gasteiger partial charge in [0.25, 0.3) is 5.72 Å². The molecule has 0 spiro atoms. The normalized spacial score (nSPS) is 15.2. The Kier molecular flexibility index (Phi) is 6.34. The van der Waals surface area contributed by atoms with Crippen LogP contribution in [0, 0.1) is 0 Å². The van der Waals surface area contributed by atoms with E-state index in [0.29, 0.717) is 17.7 Å². The molecule has 5 N–H and O–H groups in total.